The largest absolute Gasteiger partial charge is 0.353 e. The predicted octanol–water partition coefficient (Wildman–Crippen LogP) is 4.18. The van der Waals surface area contributed by atoms with Gasteiger partial charge in [-0.1, -0.05) is 48.0 Å². The third-order valence-corrected chi connectivity index (χ3v) is 6.07. The van der Waals surface area contributed by atoms with Crippen molar-refractivity contribution in [2.45, 2.75) is 44.2 Å². The normalized spacial score (nSPS) is 15.8. The Bertz CT molecular complexity index is 724. The topological polar surface area (TPSA) is 32.3 Å². The maximum absolute atomic E-state index is 12.3. The lowest BCUT2D eigenvalue weighted by atomic mass is 10.0. The molecule has 0 unspecified atom stereocenters. The standard InChI is InChI=1S/C22H28N2OS/c1-17-8-9-21(18(2)14-17)26-16-22(25)23-20-10-12-24(13-11-20)15-19-6-4-3-5-7-19/h3-9,14,20H,10-13,15-16H2,1-2H3,(H,23,25). The average Bonchev–Trinajstić information content (AvgIpc) is 2.63. The van der Waals surface area contributed by atoms with Crippen molar-refractivity contribution >= 4 is 17.7 Å². The van der Waals surface area contributed by atoms with Crippen LogP contribution in [0.3, 0.4) is 0 Å². The number of thioether (sulfide) groups is 1. The summed E-state index contributed by atoms with van der Waals surface area (Å²) in [6, 6.07) is 17.3. The van der Waals surface area contributed by atoms with Crippen molar-refractivity contribution in [2.75, 3.05) is 18.8 Å². The lowest BCUT2D eigenvalue weighted by molar-refractivity contribution is -0.119. The fourth-order valence-electron chi connectivity index (χ4n) is 3.45. The first-order chi connectivity index (χ1) is 12.6. The molecule has 0 atom stereocenters. The van der Waals surface area contributed by atoms with Gasteiger partial charge in [-0.05, 0) is 43.9 Å². The molecule has 0 saturated carbocycles. The summed E-state index contributed by atoms with van der Waals surface area (Å²) in [5, 5.41) is 3.22. The van der Waals surface area contributed by atoms with Crippen LogP contribution < -0.4 is 5.32 Å². The van der Waals surface area contributed by atoms with Crippen LogP contribution >= 0.6 is 11.8 Å². The minimum Gasteiger partial charge on any atom is -0.353 e. The van der Waals surface area contributed by atoms with E-state index in [1.54, 1.807) is 11.8 Å². The fourth-order valence-corrected chi connectivity index (χ4v) is 4.27. The zero-order chi connectivity index (χ0) is 18.4. The number of carbonyl (C=O) groups excluding carboxylic acids is 1. The number of benzene rings is 2. The molecule has 4 heteroatoms. The SMILES string of the molecule is Cc1ccc(SCC(=O)NC2CCN(Cc3ccccc3)CC2)c(C)c1. The molecule has 0 spiro atoms. The van der Waals surface area contributed by atoms with E-state index in [1.807, 2.05) is 0 Å². The molecule has 138 valence electrons. The van der Waals surface area contributed by atoms with Gasteiger partial charge in [0.1, 0.15) is 0 Å². The van der Waals surface area contributed by atoms with Gasteiger partial charge in [0.05, 0.1) is 5.75 Å². The Kier molecular flexibility index (Phi) is 6.75. The molecule has 0 bridgehead atoms. The number of hydrogen-bond donors (Lipinski definition) is 1. The molecule has 1 aliphatic heterocycles. The van der Waals surface area contributed by atoms with Gasteiger partial charge in [0.25, 0.3) is 0 Å². The Labute approximate surface area is 161 Å². The van der Waals surface area contributed by atoms with E-state index in [1.165, 1.54) is 21.6 Å². The van der Waals surface area contributed by atoms with Gasteiger partial charge in [-0.25, -0.2) is 0 Å². The minimum absolute atomic E-state index is 0.150. The van der Waals surface area contributed by atoms with Crippen molar-refractivity contribution < 1.29 is 4.79 Å². The van der Waals surface area contributed by atoms with E-state index in [2.05, 4.69) is 72.6 Å². The second kappa shape index (κ2) is 9.24. The van der Waals surface area contributed by atoms with Crippen LogP contribution in [0.1, 0.15) is 29.5 Å². The van der Waals surface area contributed by atoms with Crippen LogP contribution in [0.25, 0.3) is 0 Å². The maximum atomic E-state index is 12.3. The van der Waals surface area contributed by atoms with Gasteiger partial charge in [0.15, 0.2) is 0 Å². The lowest BCUT2D eigenvalue weighted by Gasteiger charge is -2.32. The number of piperidine rings is 1. The number of aryl methyl sites for hydroxylation is 2. The zero-order valence-corrected chi connectivity index (χ0v) is 16.5. The van der Waals surface area contributed by atoms with E-state index < -0.39 is 0 Å². The van der Waals surface area contributed by atoms with Crippen molar-refractivity contribution in [2.24, 2.45) is 0 Å². The highest BCUT2D eigenvalue weighted by Crippen LogP contribution is 2.23. The Morgan fingerprint density at radius 1 is 1.12 bits per heavy atom. The fraction of sp³-hybridized carbons (Fsp3) is 0.409. The minimum atomic E-state index is 0.150. The zero-order valence-electron chi connectivity index (χ0n) is 15.7. The van der Waals surface area contributed by atoms with Crippen LogP contribution in [0.2, 0.25) is 0 Å². The Hall–Kier alpha value is -1.78. The summed E-state index contributed by atoms with van der Waals surface area (Å²) in [6.07, 6.45) is 2.07. The molecule has 3 rings (SSSR count). The van der Waals surface area contributed by atoms with Crippen molar-refractivity contribution in [1.29, 1.82) is 0 Å². The van der Waals surface area contributed by atoms with Gasteiger partial charge in [0.2, 0.25) is 5.91 Å². The highest BCUT2D eigenvalue weighted by Gasteiger charge is 2.20. The number of amides is 1. The van der Waals surface area contributed by atoms with Gasteiger partial charge >= 0.3 is 0 Å². The number of likely N-dealkylation sites (tertiary alicyclic amines) is 1. The van der Waals surface area contributed by atoms with E-state index in [4.69, 9.17) is 0 Å². The van der Waals surface area contributed by atoms with Gasteiger partial charge < -0.3 is 5.32 Å². The summed E-state index contributed by atoms with van der Waals surface area (Å²) in [5.41, 5.74) is 3.87. The van der Waals surface area contributed by atoms with Gasteiger partial charge in [-0.2, -0.15) is 0 Å². The molecule has 0 radical (unpaired) electrons. The molecule has 0 aromatic heterocycles. The molecule has 0 aliphatic carbocycles. The van der Waals surface area contributed by atoms with E-state index in [9.17, 15) is 4.79 Å². The monoisotopic (exact) mass is 368 g/mol. The van der Waals surface area contributed by atoms with Crippen LogP contribution in [0.4, 0.5) is 0 Å². The molecule has 1 aliphatic rings. The van der Waals surface area contributed by atoms with Gasteiger partial charge in [0, 0.05) is 30.6 Å². The summed E-state index contributed by atoms with van der Waals surface area (Å²) in [5.74, 6) is 0.644. The highest BCUT2D eigenvalue weighted by molar-refractivity contribution is 8.00. The van der Waals surface area contributed by atoms with E-state index in [0.717, 1.165) is 32.5 Å². The molecule has 1 fully saturated rings. The van der Waals surface area contributed by atoms with Crippen LogP contribution in [0.5, 0.6) is 0 Å². The second-order valence-electron chi connectivity index (χ2n) is 7.16. The lowest BCUT2D eigenvalue weighted by Crippen LogP contribution is -2.44. The van der Waals surface area contributed by atoms with Crippen LogP contribution in [-0.2, 0) is 11.3 Å². The summed E-state index contributed by atoms with van der Waals surface area (Å²) >= 11 is 1.63. The molecular weight excluding hydrogens is 340 g/mol. The molecule has 1 heterocycles. The Morgan fingerprint density at radius 2 is 1.85 bits per heavy atom. The molecule has 2 aromatic rings. The summed E-state index contributed by atoms with van der Waals surface area (Å²) in [6.45, 7) is 7.30. The summed E-state index contributed by atoms with van der Waals surface area (Å²) in [7, 11) is 0. The molecule has 3 nitrogen and oxygen atoms in total. The van der Waals surface area contributed by atoms with Crippen molar-refractivity contribution in [1.82, 2.24) is 10.2 Å². The smallest absolute Gasteiger partial charge is 0.230 e. The predicted molar refractivity (Wildman–Crippen MR) is 110 cm³/mol. The molecule has 1 saturated heterocycles. The summed E-state index contributed by atoms with van der Waals surface area (Å²) in [4.78, 5) is 16.0. The van der Waals surface area contributed by atoms with Gasteiger partial charge in [-0.15, -0.1) is 11.8 Å². The van der Waals surface area contributed by atoms with Gasteiger partial charge in [-0.3, -0.25) is 9.69 Å². The van der Waals surface area contributed by atoms with E-state index >= 15 is 0 Å². The Balaban J connectivity index is 1.39. The molecule has 1 amide bonds. The van der Waals surface area contributed by atoms with E-state index in [-0.39, 0.29) is 5.91 Å². The van der Waals surface area contributed by atoms with Crippen molar-refractivity contribution in [3.8, 4) is 0 Å². The molecular formula is C22H28N2OS. The first-order valence-corrected chi connectivity index (χ1v) is 10.3. The second-order valence-corrected chi connectivity index (χ2v) is 8.18. The molecule has 2 aromatic carbocycles. The average molecular weight is 369 g/mol. The third kappa shape index (κ3) is 5.61. The Morgan fingerprint density at radius 3 is 2.54 bits per heavy atom. The first kappa shape index (κ1) is 19.0. The number of carbonyl (C=O) groups is 1. The third-order valence-electron chi connectivity index (χ3n) is 4.89. The van der Waals surface area contributed by atoms with Crippen molar-refractivity contribution in [3.63, 3.8) is 0 Å². The quantitative estimate of drug-likeness (QED) is 0.777. The van der Waals surface area contributed by atoms with Crippen LogP contribution in [0, 0.1) is 13.8 Å². The first-order valence-electron chi connectivity index (χ1n) is 9.36. The number of rotatable bonds is 6. The van der Waals surface area contributed by atoms with E-state index in [0.29, 0.717) is 11.8 Å². The maximum Gasteiger partial charge on any atom is 0.230 e. The highest BCUT2D eigenvalue weighted by atomic mass is 32.2. The number of nitrogens with one attached hydrogen (secondary N) is 1. The summed E-state index contributed by atoms with van der Waals surface area (Å²) < 4.78 is 0. The van der Waals surface area contributed by atoms with Crippen LogP contribution in [-0.4, -0.2) is 35.7 Å². The molecule has 26 heavy (non-hydrogen) atoms. The molecule has 1 N–H and O–H groups in total. The number of nitrogens with zero attached hydrogens (tertiary/aromatic N) is 1. The van der Waals surface area contributed by atoms with Crippen molar-refractivity contribution in [3.05, 3.63) is 65.2 Å². The van der Waals surface area contributed by atoms with Crippen LogP contribution in [0.15, 0.2) is 53.4 Å². The number of hydrogen-bond acceptors (Lipinski definition) is 3.